The van der Waals surface area contributed by atoms with Crippen molar-refractivity contribution in [3.63, 3.8) is 0 Å². The molecule has 0 spiro atoms. The molecular formula is C9H13F3N4. The fourth-order valence-electron chi connectivity index (χ4n) is 1.10. The summed E-state index contributed by atoms with van der Waals surface area (Å²) in [5.41, 5.74) is 0.689. The average Bonchev–Trinajstić information content (AvgIpc) is 2.14. The van der Waals surface area contributed by atoms with Gasteiger partial charge in [-0.3, -0.25) is 0 Å². The third-order valence-electron chi connectivity index (χ3n) is 1.79. The van der Waals surface area contributed by atoms with Crippen molar-refractivity contribution in [1.82, 2.24) is 9.97 Å². The number of rotatable bonds is 4. The number of aryl methyl sites for hydroxylation is 1. The Morgan fingerprint density at radius 3 is 2.56 bits per heavy atom. The highest BCUT2D eigenvalue weighted by molar-refractivity contribution is 5.41. The Morgan fingerprint density at radius 1 is 1.31 bits per heavy atom. The van der Waals surface area contributed by atoms with Crippen LogP contribution in [-0.4, -0.2) is 29.7 Å². The quantitative estimate of drug-likeness (QED) is 0.838. The Morgan fingerprint density at radius 2 is 2.00 bits per heavy atom. The summed E-state index contributed by atoms with van der Waals surface area (Å²) < 4.78 is 35.7. The van der Waals surface area contributed by atoms with Crippen molar-refractivity contribution in [3.8, 4) is 0 Å². The second kappa shape index (κ2) is 5.00. The molecule has 1 heterocycles. The van der Waals surface area contributed by atoms with Gasteiger partial charge >= 0.3 is 6.18 Å². The number of anilines is 2. The van der Waals surface area contributed by atoms with Crippen LogP contribution in [0.4, 0.5) is 24.9 Å². The summed E-state index contributed by atoms with van der Waals surface area (Å²) in [6, 6.07) is 1.59. The Bertz CT molecular complexity index is 351. The predicted molar refractivity (Wildman–Crippen MR) is 55.5 cm³/mol. The van der Waals surface area contributed by atoms with E-state index >= 15 is 0 Å². The minimum atomic E-state index is -4.15. The van der Waals surface area contributed by atoms with Crippen LogP contribution in [0.5, 0.6) is 0 Å². The van der Waals surface area contributed by atoms with Crippen LogP contribution in [0.15, 0.2) is 6.07 Å². The first kappa shape index (κ1) is 12.5. The van der Waals surface area contributed by atoms with Gasteiger partial charge in [-0.2, -0.15) is 18.2 Å². The van der Waals surface area contributed by atoms with Crippen LogP contribution in [0, 0.1) is 6.92 Å². The van der Waals surface area contributed by atoms with Gasteiger partial charge in [-0.25, -0.2) is 4.98 Å². The lowest BCUT2D eigenvalue weighted by Gasteiger charge is -2.09. The molecule has 2 N–H and O–H groups in total. The van der Waals surface area contributed by atoms with Crippen LogP contribution >= 0.6 is 0 Å². The van der Waals surface area contributed by atoms with Crippen LogP contribution in [0.1, 0.15) is 12.1 Å². The van der Waals surface area contributed by atoms with E-state index in [4.69, 9.17) is 0 Å². The van der Waals surface area contributed by atoms with Crippen LogP contribution < -0.4 is 10.6 Å². The largest absolute Gasteiger partial charge is 0.390 e. The zero-order chi connectivity index (χ0) is 12.2. The summed E-state index contributed by atoms with van der Waals surface area (Å²) >= 11 is 0. The highest BCUT2D eigenvalue weighted by Gasteiger charge is 2.26. The minimum Gasteiger partial charge on any atom is -0.370 e. The Hall–Kier alpha value is -1.53. The minimum absolute atomic E-state index is 0.191. The zero-order valence-corrected chi connectivity index (χ0v) is 9.02. The number of hydrogen-bond acceptors (Lipinski definition) is 4. The maximum Gasteiger partial charge on any atom is 0.390 e. The Kier molecular flexibility index (Phi) is 3.92. The van der Waals surface area contributed by atoms with Crippen LogP contribution in [0.2, 0.25) is 0 Å². The molecule has 0 saturated carbocycles. The molecule has 0 fully saturated rings. The smallest absolute Gasteiger partial charge is 0.370 e. The molecule has 4 nitrogen and oxygen atoms in total. The predicted octanol–water partition coefficient (Wildman–Crippen LogP) is 2.19. The van der Waals surface area contributed by atoms with Crippen molar-refractivity contribution in [2.24, 2.45) is 0 Å². The van der Waals surface area contributed by atoms with Crippen molar-refractivity contribution >= 4 is 11.8 Å². The molecular weight excluding hydrogens is 221 g/mol. The van der Waals surface area contributed by atoms with E-state index in [0.29, 0.717) is 17.5 Å². The van der Waals surface area contributed by atoms with Gasteiger partial charge in [-0.05, 0) is 6.92 Å². The average molecular weight is 234 g/mol. The summed E-state index contributed by atoms with van der Waals surface area (Å²) in [7, 11) is 1.65. The monoisotopic (exact) mass is 234 g/mol. The van der Waals surface area contributed by atoms with Crippen LogP contribution in [0.25, 0.3) is 0 Å². The second-order valence-corrected chi connectivity index (χ2v) is 3.26. The van der Waals surface area contributed by atoms with Crippen LogP contribution in [0.3, 0.4) is 0 Å². The number of nitrogens with one attached hydrogen (secondary N) is 2. The highest BCUT2D eigenvalue weighted by Crippen LogP contribution is 2.19. The molecule has 0 amide bonds. The van der Waals surface area contributed by atoms with Crippen molar-refractivity contribution in [3.05, 3.63) is 11.8 Å². The van der Waals surface area contributed by atoms with Gasteiger partial charge in [0.15, 0.2) is 0 Å². The lowest BCUT2D eigenvalue weighted by molar-refractivity contribution is -0.131. The van der Waals surface area contributed by atoms with E-state index in [1.165, 1.54) is 0 Å². The summed E-state index contributed by atoms with van der Waals surface area (Å²) in [6.45, 7) is 1.56. The first-order valence-corrected chi connectivity index (χ1v) is 4.75. The number of nitrogens with zero attached hydrogens (tertiary/aromatic N) is 2. The molecule has 0 atom stereocenters. The SMILES string of the molecule is CNc1nc(C)cc(NCCC(F)(F)F)n1. The standard InChI is InChI=1S/C9H13F3N4/c1-6-5-7(16-8(13-2)15-6)14-4-3-9(10,11)12/h5H,3-4H2,1-2H3,(H2,13,14,15,16). The molecule has 0 aliphatic carbocycles. The van der Waals surface area contributed by atoms with E-state index in [0.717, 1.165) is 0 Å². The van der Waals surface area contributed by atoms with Gasteiger partial charge in [0.2, 0.25) is 5.95 Å². The number of hydrogen-bond donors (Lipinski definition) is 2. The first-order chi connectivity index (χ1) is 7.40. The van der Waals surface area contributed by atoms with Crippen molar-refractivity contribution < 1.29 is 13.2 Å². The summed E-state index contributed by atoms with van der Waals surface area (Å²) in [6.07, 6.45) is -5.04. The molecule has 16 heavy (non-hydrogen) atoms. The molecule has 0 aliphatic heterocycles. The summed E-state index contributed by atoms with van der Waals surface area (Å²) in [5, 5.41) is 5.34. The van der Waals surface area contributed by atoms with Gasteiger partial charge in [-0.1, -0.05) is 0 Å². The van der Waals surface area contributed by atoms with Crippen molar-refractivity contribution in [2.45, 2.75) is 19.5 Å². The van der Waals surface area contributed by atoms with Gasteiger partial charge in [0.1, 0.15) is 5.82 Å². The highest BCUT2D eigenvalue weighted by atomic mass is 19.4. The van der Waals surface area contributed by atoms with E-state index < -0.39 is 12.6 Å². The van der Waals surface area contributed by atoms with Gasteiger partial charge in [0, 0.05) is 25.4 Å². The molecule has 0 aromatic carbocycles. The lowest BCUT2D eigenvalue weighted by atomic mass is 10.4. The molecule has 0 saturated heterocycles. The summed E-state index contributed by atoms with van der Waals surface area (Å²) in [5.74, 6) is 0.774. The normalized spacial score (nSPS) is 11.3. The maximum atomic E-state index is 11.9. The van der Waals surface area contributed by atoms with Gasteiger partial charge in [-0.15, -0.1) is 0 Å². The molecule has 0 aliphatic rings. The Balaban J connectivity index is 2.57. The third kappa shape index (κ3) is 4.33. The van der Waals surface area contributed by atoms with Gasteiger partial charge in [0.05, 0.1) is 6.42 Å². The molecule has 0 radical (unpaired) electrons. The number of alkyl halides is 3. The Labute approximate surface area is 91.3 Å². The number of halogens is 3. The fraction of sp³-hybridized carbons (Fsp3) is 0.556. The summed E-state index contributed by atoms with van der Waals surface area (Å²) in [4.78, 5) is 8.00. The third-order valence-corrected chi connectivity index (χ3v) is 1.79. The lowest BCUT2D eigenvalue weighted by Crippen LogP contribution is -2.15. The zero-order valence-electron chi connectivity index (χ0n) is 9.02. The molecule has 1 aromatic heterocycles. The molecule has 90 valence electrons. The fourth-order valence-corrected chi connectivity index (χ4v) is 1.10. The molecule has 0 bridgehead atoms. The molecule has 7 heteroatoms. The second-order valence-electron chi connectivity index (χ2n) is 3.26. The van der Waals surface area contributed by atoms with E-state index in [9.17, 15) is 13.2 Å². The van der Waals surface area contributed by atoms with E-state index in [2.05, 4.69) is 20.6 Å². The maximum absolute atomic E-state index is 11.9. The van der Waals surface area contributed by atoms with E-state index in [1.54, 1.807) is 20.0 Å². The first-order valence-electron chi connectivity index (χ1n) is 4.75. The van der Waals surface area contributed by atoms with Crippen molar-refractivity contribution in [1.29, 1.82) is 0 Å². The van der Waals surface area contributed by atoms with Gasteiger partial charge in [0.25, 0.3) is 0 Å². The molecule has 1 rings (SSSR count). The number of aromatic nitrogens is 2. The topological polar surface area (TPSA) is 49.8 Å². The van der Waals surface area contributed by atoms with E-state index in [1.807, 2.05) is 0 Å². The van der Waals surface area contributed by atoms with Crippen molar-refractivity contribution in [2.75, 3.05) is 24.2 Å². The van der Waals surface area contributed by atoms with Gasteiger partial charge < -0.3 is 10.6 Å². The van der Waals surface area contributed by atoms with Crippen LogP contribution in [-0.2, 0) is 0 Å². The molecule has 1 aromatic rings. The molecule has 0 unspecified atom stereocenters. The van der Waals surface area contributed by atoms with E-state index in [-0.39, 0.29) is 6.54 Å².